The van der Waals surface area contributed by atoms with Gasteiger partial charge in [-0.3, -0.25) is 4.79 Å². The normalized spacial score (nSPS) is 11.1. The average molecular weight is 288 g/mol. The number of aromatic nitrogens is 3. The van der Waals surface area contributed by atoms with Crippen molar-refractivity contribution < 1.29 is 4.42 Å². The molecule has 1 aromatic carbocycles. The predicted molar refractivity (Wildman–Crippen MR) is 76.9 cm³/mol. The monoisotopic (exact) mass is 288 g/mol. The third kappa shape index (κ3) is 2.27. The summed E-state index contributed by atoms with van der Waals surface area (Å²) in [5.74, 6) is 0.753. The van der Waals surface area contributed by atoms with Crippen molar-refractivity contribution >= 4 is 28.4 Å². The molecule has 0 aliphatic carbocycles. The lowest BCUT2D eigenvalue weighted by atomic mass is 10.2. The Hall–Kier alpha value is -2.28. The number of hydrogen-bond donors (Lipinski definition) is 2. The van der Waals surface area contributed by atoms with E-state index in [0.29, 0.717) is 27.0 Å². The fourth-order valence-electron chi connectivity index (χ4n) is 1.75. The average Bonchev–Trinajstić information content (AvgIpc) is 2.69. The Morgan fingerprint density at radius 2 is 2.10 bits per heavy atom. The van der Waals surface area contributed by atoms with E-state index < -0.39 is 0 Å². The molecule has 0 saturated carbocycles. The Kier molecular flexibility index (Phi) is 2.98. The van der Waals surface area contributed by atoms with Crippen LogP contribution in [-0.4, -0.2) is 15.0 Å². The zero-order valence-electron chi connectivity index (χ0n) is 10.9. The largest absolute Gasteiger partial charge is 0.436 e. The molecule has 0 amide bonds. The van der Waals surface area contributed by atoms with Gasteiger partial charge >= 0.3 is 0 Å². The van der Waals surface area contributed by atoms with E-state index in [0.717, 1.165) is 11.5 Å². The Labute approximate surface area is 118 Å². The Bertz CT molecular complexity index is 834. The lowest BCUT2D eigenvalue weighted by Crippen LogP contribution is -2.09. The molecule has 20 heavy (non-hydrogen) atoms. The molecular formula is C13H12N4O2S. The first-order valence-electron chi connectivity index (χ1n) is 5.94. The van der Waals surface area contributed by atoms with Crippen LogP contribution in [0.15, 0.2) is 37.8 Å². The number of hydrogen-bond acceptors (Lipinski definition) is 6. The van der Waals surface area contributed by atoms with Crippen LogP contribution < -0.4 is 11.3 Å². The van der Waals surface area contributed by atoms with Crippen LogP contribution in [0.3, 0.4) is 0 Å². The summed E-state index contributed by atoms with van der Waals surface area (Å²) in [6.45, 7) is 3.70. The number of nitrogens with zero attached hydrogens (tertiary/aromatic N) is 2. The lowest BCUT2D eigenvalue weighted by Gasteiger charge is -2.01. The number of oxazole rings is 1. The molecule has 0 fully saturated rings. The molecule has 0 spiro atoms. The Morgan fingerprint density at radius 3 is 2.80 bits per heavy atom. The number of aryl methyl sites for hydroxylation is 2. The number of rotatable bonds is 2. The van der Waals surface area contributed by atoms with Gasteiger partial charge in [-0.15, -0.1) is 0 Å². The minimum atomic E-state index is -0.232. The molecule has 2 heterocycles. The smallest absolute Gasteiger partial charge is 0.263 e. The van der Waals surface area contributed by atoms with Gasteiger partial charge in [-0.05, 0) is 32.0 Å². The van der Waals surface area contributed by atoms with Crippen molar-refractivity contribution in [2.24, 2.45) is 0 Å². The second kappa shape index (κ2) is 4.68. The second-order valence-corrected chi connectivity index (χ2v) is 5.31. The van der Waals surface area contributed by atoms with E-state index in [2.05, 4.69) is 15.0 Å². The molecular weight excluding hydrogens is 276 g/mol. The zero-order valence-corrected chi connectivity index (χ0v) is 11.7. The van der Waals surface area contributed by atoms with Gasteiger partial charge in [-0.2, -0.15) is 0 Å². The number of benzene rings is 1. The topological polar surface area (TPSA) is 97.8 Å². The van der Waals surface area contributed by atoms with Crippen LogP contribution in [0.25, 0.3) is 10.9 Å². The van der Waals surface area contributed by atoms with Crippen LogP contribution in [0.2, 0.25) is 0 Å². The van der Waals surface area contributed by atoms with Crippen molar-refractivity contribution in [3.8, 4) is 0 Å². The SMILES string of the molecule is Cc1nc(Sc2nc3ccc(N)cc3c(=O)[nH]2)oc1C. The highest BCUT2D eigenvalue weighted by Crippen LogP contribution is 2.26. The number of nitrogens with two attached hydrogens (primary N) is 1. The summed E-state index contributed by atoms with van der Waals surface area (Å²) in [4.78, 5) is 23.3. The Morgan fingerprint density at radius 1 is 1.30 bits per heavy atom. The van der Waals surface area contributed by atoms with Gasteiger partial charge < -0.3 is 15.1 Å². The molecule has 0 radical (unpaired) electrons. The fraction of sp³-hybridized carbons (Fsp3) is 0.154. The van der Waals surface area contributed by atoms with Crippen molar-refractivity contribution in [2.45, 2.75) is 24.2 Å². The number of nitrogen functional groups attached to an aromatic ring is 1. The van der Waals surface area contributed by atoms with Crippen LogP contribution in [-0.2, 0) is 0 Å². The molecule has 0 atom stereocenters. The molecule has 6 nitrogen and oxygen atoms in total. The third-order valence-corrected chi connectivity index (χ3v) is 3.64. The van der Waals surface area contributed by atoms with Crippen molar-refractivity contribution in [1.29, 1.82) is 0 Å². The van der Waals surface area contributed by atoms with Crippen LogP contribution in [0, 0.1) is 13.8 Å². The van der Waals surface area contributed by atoms with Gasteiger partial charge in [0.25, 0.3) is 10.8 Å². The molecule has 0 aliphatic heterocycles. The summed E-state index contributed by atoms with van der Waals surface area (Å²) >= 11 is 1.18. The van der Waals surface area contributed by atoms with Crippen LogP contribution >= 0.6 is 11.8 Å². The number of fused-ring (bicyclic) bond motifs is 1. The summed E-state index contributed by atoms with van der Waals surface area (Å²) in [5.41, 5.74) is 7.37. The maximum Gasteiger partial charge on any atom is 0.263 e. The van der Waals surface area contributed by atoms with E-state index in [9.17, 15) is 4.79 Å². The van der Waals surface area contributed by atoms with Gasteiger partial charge in [0.1, 0.15) is 5.76 Å². The second-order valence-electron chi connectivity index (χ2n) is 4.37. The molecule has 3 rings (SSSR count). The lowest BCUT2D eigenvalue weighted by molar-refractivity contribution is 0.430. The minimum absolute atomic E-state index is 0.232. The van der Waals surface area contributed by atoms with Gasteiger partial charge in [0.2, 0.25) is 0 Å². The van der Waals surface area contributed by atoms with Crippen LogP contribution in [0.5, 0.6) is 0 Å². The standard InChI is InChI=1S/C13H12N4O2S/c1-6-7(2)19-13(15-6)20-12-16-10-4-3-8(14)5-9(10)11(18)17-12/h3-5H,14H2,1-2H3,(H,16,17,18). The van der Waals surface area contributed by atoms with Crippen molar-refractivity contribution in [3.05, 3.63) is 40.0 Å². The summed E-state index contributed by atoms with van der Waals surface area (Å²) in [6, 6.07) is 5.04. The van der Waals surface area contributed by atoms with Gasteiger partial charge in [-0.25, -0.2) is 9.97 Å². The molecule has 0 aliphatic rings. The van der Waals surface area contributed by atoms with E-state index in [-0.39, 0.29) is 5.56 Å². The predicted octanol–water partition coefficient (Wildman–Crippen LogP) is 2.26. The summed E-state index contributed by atoms with van der Waals surface area (Å²) < 4.78 is 5.46. The van der Waals surface area contributed by atoms with E-state index in [1.807, 2.05) is 13.8 Å². The first-order chi connectivity index (χ1) is 9.52. The van der Waals surface area contributed by atoms with Gasteiger partial charge in [0.05, 0.1) is 16.6 Å². The molecule has 102 valence electrons. The first kappa shape index (κ1) is 12.7. The third-order valence-electron chi connectivity index (χ3n) is 2.90. The summed E-state index contributed by atoms with van der Waals surface area (Å²) in [6.07, 6.45) is 0. The zero-order chi connectivity index (χ0) is 14.3. The van der Waals surface area contributed by atoms with Gasteiger partial charge in [0.15, 0.2) is 5.16 Å². The van der Waals surface area contributed by atoms with Crippen LogP contribution in [0.1, 0.15) is 11.5 Å². The van der Waals surface area contributed by atoms with E-state index >= 15 is 0 Å². The van der Waals surface area contributed by atoms with Crippen molar-refractivity contribution in [1.82, 2.24) is 15.0 Å². The fourth-order valence-corrected chi connectivity index (χ4v) is 2.56. The molecule has 2 aromatic heterocycles. The maximum atomic E-state index is 12.0. The van der Waals surface area contributed by atoms with Gasteiger partial charge in [0, 0.05) is 17.4 Å². The number of H-pyrrole nitrogens is 1. The van der Waals surface area contributed by atoms with Crippen molar-refractivity contribution in [3.63, 3.8) is 0 Å². The number of anilines is 1. The maximum absolute atomic E-state index is 12.0. The highest BCUT2D eigenvalue weighted by Gasteiger charge is 2.11. The molecule has 3 aromatic rings. The molecule has 7 heteroatoms. The molecule has 0 unspecified atom stereocenters. The van der Waals surface area contributed by atoms with Crippen molar-refractivity contribution in [2.75, 3.05) is 5.73 Å². The van der Waals surface area contributed by atoms with E-state index in [4.69, 9.17) is 10.2 Å². The van der Waals surface area contributed by atoms with E-state index in [1.54, 1.807) is 18.2 Å². The highest BCUT2D eigenvalue weighted by molar-refractivity contribution is 7.98. The van der Waals surface area contributed by atoms with Gasteiger partial charge in [-0.1, -0.05) is 0 Å². The molecule has 0 saturated heterocycles. The van der Waals surface area contributed by atoms with Crippen LogP contribution in [0.4, 0.5) is 5.69 Å². The molecule has 3 N–H and O–H groups in total. The van der Waals surface area contributed by atoms with E-state index in [1.165, 1.54) is 11.8 Å². The quantitative estimate of drug-likeness (QED) is 0.554. The minimum Gasteiger partial charge on any atom is -0.436 e. The highest BCUT2D eigenvalue weighted by atomic mass is 32.2. The summed E-state index contributed by atoms with van der Waals surface area (Å²) in [7, 11) is 0. The summed E-state index contributed by atoms with van der Waals surface area (Å²) in [5, 5.41) is 1.36. The Balaban J connectivity index is 2.04. The molecule has 0 bridgehead atoms. The first-order valence-corrected chi connectivity index (χ1v) is 6.76. The number of aromatic amines is 1. The number of nitrogens with one attached hydrogen (secondary N) is 1.